The van der Waals surface area contributed by atoms with Crippen LogP contribution >= 0.6 is 15.9 Å². The van der Waals surface area contributed by atoms with Crippen molar-refractivity contribution >= 4 is 15.9 Å². The van der Waals surface area contributed by atoms with Crippen LogP contribution in [0, 0.1) is 6.92 Å². The molecule has 0 bridgehead atoms. The third kappa shape index (κ3) is 5.30. The van der Waals surface area contributed by atoms with Crippen LogP contribution in [0.15, 0.2) is 39.2 Å². The lowest BCUT2D eigenvalue weighted by molar-refractivity contribution is 0.0919. The first-order valence-electron chi connectivity index (χ1n) is 7.30. The van der Waals surface area contributed by atoms with Crippen molar-refractivity contribution in [2.45, 2.75) is 40.0 Å². The molecule has 4 heteroatoms. The number of halogens is 1. The highest BCUT2D eigenvalue weighted by atomic mass is 79.9. The second-order valence-electron chi connectivity index (χ2n) is 5.12. The molecule has 0 atom stereocenters. The van der Waals surface area contributed by atoms with Gasteiger partial charge in [-0.2, -0.15) is 0 Å². The number of rotatable bonds is 8. The maximum Gasteiger partial charge on any atom is 0.130 e. The van der Waals surface area contributed by atoms with Crippen molar-refractivity contribution in [2.75, 3.05) is 6.54 Å². The Morgan fingerprint density at radius 3 is 2.86 bits per heavy atom. The van der Waals surface area contributed by atoms with Gasteiger partial charge < -0.3 is 14.5 Å². The van der Waals surface area contributed by atoms with E-state index in [4.69, 9.17) is 9.15 Å². The number of furan rings is 1. The van der Waals surface area contributed by atoms with Gasteiger partial charge in [-0.1, -0.05) is 35.0 Å². The molecular formula is C17H22BrNO2. The Labute approximate surface area is 134 Å². The highest BCUT2D eigenvalue weighted by Crippen LogP contribution is 2.17. The lowest BCUT2D eigenvalue weighted by Gasteiger charge is -2.03. The molecule has 0 spiro atoms. The predicted molar refractivity (Wildman–Crippen MR) is 88.1 cm³/mol. The molecule has 0 saturated carbocycles. The number of hydrogen-bond donors (Lipinski definition) is 1. The molecule has 0 aliphatic heterocycles. The number of hydrogen-bond acceptors (Lipinski definition) is 3. The van der Waals surface area contributed by atoms with Gasteiger partial charge in [0.2, 0.25) is 0 Å². The van der Waals surface area contributed by atoms with Crippen molar-refractivity contribution in [3.8, 4) is 0 Å². The molecule has 0 radical (unpaired) electrons. The zero-order chi connectivity index (χ0) is 15.1. The quantitative estimate of drug-likeness (QED) is 0.707. The topological polar surface area (TPSA) is 34.4 Å². The Hall–Kier alpha value is -1.10. The summed E-state index contributed by atoms with van der Waals surface area (Å²) in [5, 5.41) is 3.35. The van der Waals surface area contributed by atoms with Gasteiger partial charge in [0.15, 0.2) is 0 Å². The van der Waals surface area contributed by atoms with Crippen LogP contribution in [-0.4, -0.2) is 6.54 Å². The van der Waals surface area contributed by atoms with E-state index in [1.807, 2.05) is 12.1 Å². The highest BCUT2D eigenvalue weighted by molar-refractivity contribution is 9.10. The summed E-state index contributed by atoms with van der Waals surface area (Å²) in [7, 11) is 0. The van der Waals surface area contributed by atoms with E-state index in [1.54, 1.807) is 0 Å². The minimum atomic E-state index is 0.501. The van der Waals surface area contributed by atoms with Gasteiger partial charge in [-0.15, -0.1) is 0 Å². The summed E-state index contributed by atoms with van der Waals surface area (Å²) < 4.78 is 12.6. The molecule has 1 heterocycles. The van der Waals surface area contributed by atoms with Gasteiger partial charge in [0, 0.05) is 4.47 Å². The predicted octanol–water partition coefficient (Wildman–Crippen LogP) is 4.57. The van der Waals surface area contributed by atoms with Crippen LogP contribution < -0.4 is 5.32 Å². The summed E-state index contributed by atoms with van der Waals surface area (Å²) in [6.07, 6.45) is 1.13. The molecule has 2 rings (SSSR count). The van der Waals surface area contributed by atoms with Crippen molar-refractivity contribution in [3.05, 3.63) is 57.5 Å². The monoisotopic (exact) mass is 351 g/mol. The molecule has 21 heavy (non-hydrogen) atoms. The zero-order valence-electron chi connectivity index (χ0n) is 12.6. The Balaban J connectivity index is 1.82. The van der Waals surface area contributed by atoms with Crippen LogP contribution in [0.2, 0.25) is 0 Å². The molecule has 114 valence electrons. The van der Waals surface area contributed by atoms with Gasteiger partial charge >= 0.3 is 0 Å². The molecule has 2 aromatic rings. The van der Waals surface area contributed by atoms with Gasteiger partial charge in [-0.3, -0.25) is 0 Å². The molecular weight excluding hydrogens is 330 g/mol. The van der Waals surface area contributed by atoms with E-state index >= 15 is 0 Å². The van der Waals surface area contributed by atoms with Gasteiger partial charge in [0.25, 0.3) is 0 Å². The summed E-state index contributed by atoms with van der Waals surface area (Å²) >= 11 is 3.46. The number of ether oxygens (including phenoxy) is 1. The van der Waals surface area contributed by atoms with Gasteiger partial charge in [0.05, 0.1) is 13.2 Å². The fourth-order valence-electron chi connectivity index (χ4n) is 2.11. The summed E-state index contributed by atoms with van der Waals surface area (Å²) in [4.78, 5) is 0. The van der Waals surface area contributed by atoms with Crippen LogP contribution in [0.1, 0.15) is 36.0 Å². The number of aryl methyl sites for hydroxylation is 1. The summed E-state index contributed by atoms with van der Waals surface area (Å²) in [5.74, 6) is 1.89. The molecule has 3 nitrogen and oxygen atoms in total. The second kappa shape index (κ2) is 8.37. The summed E-state index contributed by atoms with van der Waals surface area (Å²) in [5.41, 5.74) is 2.33. The van der Waals surface area contributed by atoms with E-state index < -0.39 is 0 Å². The molecule has 0 saturated heterocycles. The van der Waals surface area contributed by atoms with Crippen LogP contribution in [0.3, 0.4) is 0 Å². The third-order valence-corrected chi connectivity index (χ3v) is 3.68. The van der Waals surface area contributed by atoms with E-state index in [0.717, 1.165) is 41.1 Å². The van der Waals surface area contributed by atoms with Crippen molar-refractivity contribution in [3.63, 3.8) is 0 Å². The van der Waals surface area contributed by atoms with Crippen LogP contribution in [0.5, 0.6) is 0 Å². The SMILES string of the molecule is CCCNCc1oc(COCc2cccc(Br)c2)cc1C. The fraction of sp³-hybridized carbons (Fsp3) is 0.412. The van der Waals surface area contributed by atoms with Gasteiger partial charge in [-0.25, -0.2) is 0 Å². The van der Waals surface area contributed by atoms with E-state index in [2.05, 4.69) is 53.3 Å². The maximum atomic E-state index is 5.83. The highest BCUT2D eigenvalue weighted by Gasteiger charge is 2.07. The lowest BCUT2D eigenvalue weighted by Crippen LogP contribution is -2.13. The number of nitrogens with one attached hydrogen (secondary N) is 1. The maximum absolute atomic E-state index is 5.83. The van der Waals surface area contributed by atoms with Crippen LogP contribution in [0.25, 0.3) is 0 Å². The molecule has 1 aromatic heterocycles. The van der Waals surface area contributed by atoms with E-state index in [0.29, 0.717) is 13.2 Å². The standard InChI is InChI=1S/C17H22BrNO2/c1-3-7-19-10-17-13(2)8-16(21-17)12-20-11-14-5-4-6-15(18)9-14/h4-6,8-9,19H,3,7,10-12H2,1-2H3. The first kappa shape index (κ1) is 16.3. The van der Waals surface area contributed by atoms with Crippen molar-refractivity contribution in [2.24, 2.45) is 0 Å². The molecule has 1 N–H and O–H groups in total. The Bertz CT molecular complexity index is 566. The lowest BCUT2D eigenvalue weighted by atomic mass is 10.2. The molecule has 1 aromatic carbocycles. The molecule has 0 unspecified atom stereocenters. The van der Waals surface area contributed by atoms with Gasteiger partial charge in [0.1, 0.15) is 18.1 Å². The summed E-state index contributed by atoms with van der Waals surface area (Å²) in [6, 6.07) is 10.2. The molecule has 0 aliphatic rings. The Kier molecular flexibility index (Phi) is 6.49. The minimum absolute atomic E-state index is 0.501. The van der Waals surface area contributed by atoms with E-state index in [9.17, 15) is 0 Å². The Morgan fingerprint density at radius 2 is 2.10 bits per heavy atom. The largest absolute Gasteiger partial charge is 0.462 e. The normalized spacial score (nSPS) is 11.0. The van der Waals surface area contributed by atoms with Crippen LogP contribution in [-0.2, 0) is 24.5 Å². The van der Waals surface area contributed by atoms with Crippen molar-refractivity contribution in [1.82, 2.24) is 5.32 Å². The van der Waals surface area contributed by atoms with E-state index in [1.165, 1.54) is 5.56 Å². The average molecular weight is 352 g/mol. The number of benzene rings is 1. The van der Waals surface area contributed by atoms with E-state index in [-0.39, 0.29) is 0 Å². The van der Waals surface area contributed by atoms with Gasteiger partial charge in [-0.05, 0) is 49.2 Å². The second-order valence-corrected chi connectivity index (χ2v) is 6.03. The van der Waals surface area contributed by atoms with Crippen molar-refractivity contribution in [1.29, 1.82) is 0 Å². The molecule has 0 fully saturated rings. The first-order valence-corrected chi connectivity index (χ1v) is 8.09. The zero-order valence-corrected chi connectivity index (χ0v) is 14.2. The van der Waals surface area contributed by atoms with Crippen molar-refractivity contribution < 1.29 is 9.15 Å². The first-order chi connectivity index (χ1) is 10.2. The van der Waals surface area contributed by atoms with Crippen LogP contribution in [0.4, 0.5) is 0 Å². The third-order valence-electron chi connectivity index (χ3n) is 3.19. The fourth-order valence-corrected chi connectivity index (χ4v) is 2.56. The summed E-state index contributed by atoms with van der Waals surface area (Å²) in [6.45, 7) is 7.11. The molecule has 0 aliphatic carbocycles. The average Bonchev–Trinajstić information content (AvgIpc) is 2.80. The Morgan fingerprint density at radius 1 is 1.24 bits per heavy atom. The minimum Gasteiger partial charge on any atom is -0.462 e. The smallest absolute Gasteiger partial charge is 0.130 e. The molecule has 0 amide bonds.